The Morgan fingerprint density at radius 1 is 1.17 bits per heavy atom. The lowest BCUT2D eigenvalue weighted by Gasteiger charge is -2.38. The fraction of sp³-hybridized carbons (Fsp3) is 0.933. The van der Waals surface area contributed by atoms with Crippen LogP contribution in [0.25, 0.3) is 0 Å². The lowest BCUT2D eigenvalue weighted by molar-refractivity contribution is -0.124. The molecule has 0 bridgehead atoms. The van der Waals surface area contributed by atoms with Gasteiger partial charge in [0.1, 0.15) is 4.75 Å². The van der Waals surface area contributed by atoms with Crippen LogP contribution in [0.15, 0.2) is 0 Å². The minimum Gasteiger partial charge on any atom is -0.384 e. The second kappa shape index (κ2) is 8.14. The normalized spacial score (nSPS) is 23.0. The summed E-state index contributed by atoms with van der Waals surface area (Å²) in [6.45, 7) is 2.87. The van der Waals surface area contributed by atoms with Gasteiger partial charge < -0.3 is 15.4 Å². The highest BCUT2D eigenvalue weighted by Crippen LogP contribution is 2.37. The number of methoxy groups -OCH3 is 1. The monoisotopic (exact) mass is 368 g/mol. The average molecular weight is 369 g/mol. The van der Waals surface area contributed by atoms with Crippen LogP contribution in [0.5, 0.6) is 0 Å². The Labute approximate surface area is 145 Å². The largest absolute Gasteiger partial charge is 0.384 e. The minimum absolute atomic E-state index is 0. The molecular formula is C15H29ClN2O4S. The molecule has 1 aliphatic heterocycles. The van der Waals surface area contributed by atoms with Crippen LogP contribution in [0.1, 0.15) is 38.5 Å². The van der Waals surface area contributed by atoms with E-state index in [1.54, 1.807) is 7.11 Å². The first-order valence-electron chi connectivity index (χ1n) is 8.03. The highest BCUT2D eigenvalue weighted by molar-refractivity contribution is 7.92. The maximum Gasteiger partial charge on any atom is 0.241 e. The first kappa shape index (κ1) is 20.7. The van der Waals surface area contributed by atoms with Crippen LogP contribution in [-0.4, -0.2) is 58.7 Å². The maximum atomic E-state index is 12.7. The molecule has 0 aromatic carbocycles. The van der Waals surface area contributed by atoms with Crippen molar-refractivity contribution >= 4 is 28.2 Å². The highest BCUT2D eigenvalue weighted by Gasteiger charge is 2.50. The molecule has 2 rings (SSSR count). The van der Waals surface area contributed by atoms with Crippen LogP contribution in [0.2, 0.25) is 0 Å². The van der Waals surface area contributed by atoms with Crippen molar-refractivity contribution < 1.29 is 17.9 Å². The van der Waals surface area contributed by atoms with Crippen LogP contribution in [0, 0.1) is 5.41 Å². The van der Waals surface area contributed by atoms with E-state index in [9.17, 15) is 13.2 Å². The highest BCUT2D eigenvalue weighted by atomic mass is 35.5. The van der Waals surface area contributed by atoms with Crippen molar-refractivity contribution in [2.75, 3.05) is 39.6 Å². The Bertz CT molecular complexity index is 492. The summed E-state index contributed by atoms with van der Waals surface area (Å²) < 4.78 is 28.4. The third-order valence-corrected chi connectivity index (χ3v) is 7.29. The Balaban J connectivity index is 0.00000264. The smallest absolute Gasteiger partial charge is 0.241 e. The van der Waals surface area contributed by atoms with Gasteiger partial charge in [0, 0.05) is 25.3 Å². The van der Waals surface area contributed by atoms with Gasteiger partial charge in [0.05, 0.1) is 6.61 Å². The van der Waals surface area contributed by atoms with Crippen molar-refractivity contribution in [1.82, 2.24) is 10.6 Å². The van der Waals surface area contributed by atoms with Crippen molar-refractivity contribution in [2.24, 2.45) is 5.41 Å². The van der Waals surface area contributed by atoms with Gasteiger partial charge in [0.15, 0.2) is 9.84 Å². The fourth-order valence-electron chi connectivity index (χ4n) is 3.78. The molecule has 1 heterocycles. The SMILES string of the molecule is COCC1(CNC(=O)C2(S(C)(=O)=O)CCCC2)CCNCC1.Cl. The van der Waals surface area contributed by atoms with Crippen LogP contribution < -0.4 is 10.6 Å². The molecule has 0 spiro atoms. The van der Waals surface area contributed by atoms with Crippen molar-refractivity contribution in [3.8, 4) is 0 Å². The number of carbonyl (C=O) groups excluding carboxylic acids is 1. The van der Waals surface area contributed by atoms with E-state index < -0.39 is 14.6 Å². The molecule has 1 amide bonds. The van der Waals surface area contributed by atoms with Crippen molar-refractivity contribution in [3.05, 3.63) is 0 Å². The van der Waals surface area contributed by atoms with Crippen LogP contribution in [0.3, 0.4) is 0 Å². The average Bonchev–Trinajstić information content (AvgIpc) is 2.97. The maximum absolute atomic E-state index is 12.7. The van der Waals surface area contributed by atoms with Gasteiger partial charge in [-0.2, -0.15) is 0 Å². The molecule has 2 aliphatic rings. The summed E-state index contributed by atoms with van der Waals surface area (Å²) in [6.07, 6.45) is 5.52. The van der Waals surface area contributed by atoms with Gasteiger partial charge in [-0.3, -0.25) is 4.79 Å². The lowest BCUT2D eigenvalue weighted by Crippen LogP contribution is -2.54. The number of ether oxygens (including phenoxy) is 1. The quantitative estimate of drug-likeness (QED) is 0.727. The third-order valence-electron chi connectivity index (χ3n) is 5.27. The number of piperidine rings is 1. The summed E-state index contributed by atoms with van der Waals surface area (Å²) in [5, 5.41) is 6.25. The number of hydrogen-bond donors (Lipinski definition) is 2. The van der Waals surface area contributed by atoms with E-state index >= 15 is 0 Å². The number of carbonyl (C=O) groups is 1. The van der Waals surface area contributed by atoms with Gasteiger partial charge in [-0.15, -0.1) is 12.4 Å². The van der Waals surface area contributed by atoms with E-state index in [2.05, 4.69) is 10.6 Å². The molecule has 0 unspecified atom stereocenters. The van der Waals surface area contributed by atoms with Gasteiger partial charge in [-0.05, 0) is 38.8 Å². The molecule has 8 heteroatoms. The molecule has 1 saturated carbocycles. The second-order valence-electron chi connectivity index (χ2n) is 6.84. The van der Waals surface area contributed by atoms with E-state index in [0.717, 1.165) is 38.8 Å². The molecule has 0 atom stereocenters. The first-order chi connectivity index (χ1) is 10.4. The Hall–Kier alpha value is -0.370. The van der Waals surface area contributed by atoms with Crippen LogP contribution in [0.4, 0.5) is 0 Å². The Kier molecular flexibility index (Phi) is 7.32. The molecule has 136 valence electrons. The van der Waals surface area contributed by atoms with E-state index in [0.29, 0.717) is 26.0 Å². The van der Waals surface area contributed by atoms with Gasteiger partial charge in [0.2, 0.25) is 5.91 Å². The molecule has 2 fully saturated rings. The topological polar surface area (TPSA) is 84.5 Å². The second-order valence-corrected chi connectivity index (χ2v) is 9.17. The zero-order chi connectivity index (χ0) is 16.3. The predicted octanol–water partition coefficient (Wildman–Crippen LogP) is 0.898. The third kappa shape index (κ3) is 4.38. The number of sulfone groups is 1. The van der Waals surface area contributed by atoms with Gasteiger partial charge in [0.25, 0.3) is 0 Å². The molecule has 2 N–H and O–H groups in total. The molecular weight excluding hydrogens is 340 g/mol. The summed E-state index contributed by atoms with van der Waals surface area (Å²) in [5.41, 5.74) is -0.0903. The fourth-order valence-corrected chi connectivity index (χ4v) is 5.22. The van der Waals surface area contributed by atoms with Crippen molar-refractivity contribution in [2.45, 2.75) is 43.3 Å². The summed E-state index contributed by atoms with van der Waals surface area (Å²) in [7, 11) is -1.74. The minimum atomic E-state index is -3.40. The number of hydrogen-bond acceptors (Lipinski definition) is 5. The Morgan fingerprint density at radius 2 is 1.74 bits per heavy atom. The van der Waals surface area contributed by atoms with Gasteiger partial charge in [-0.1, -0.05) is 12.8 Å². The van der Waals surface area contributed by atoms with Crippen molar-refractivity contribution in [3.63, 3.8) is 0 Å². The number of halogens is 1. The van der Waals surface area contributed by atoms with Crippen LogP contribution in [-0.2, 0) is 19.4 Å². The molecule has 0 aromatic heterocycles. The van der Waals surface area contributed by atoms with E-state index in [4.69, 9.17) is 4.74 Å². The van der Waals surface area contributed by atoms with Crippen LogP contribution >= 0.6 is 12.4 Å². The molecule has 6 nitrogen and oxygen atoms in total. The number of rotatable bonds is 6. The van der Waals surface area contributed by atoms with Gasteiger partial charge >= 0.3 is 0 Å². The Morgan fingerprint density at radius 3 is 2.22 bits per heavy atom. The lowest BCUT2D eigenvalue weighted by atomic mass is 9.79. The van der Waals surface area contributed by atoms with E-state index in [1.807, 2.05) is 0 Å². The standard InChI is InChI=1S/C15H28N2O4S.ClH/c1-21-12-14(7-9-16-10-8-14)11-17-13(18)15(22(2,19)20)5-3-4-6-15;/h16H,3-12H2,1-2H3,(H,17,18);1H. The molecule has 23 heavy (non-hydrogen) atoms. The van der Waals surface area contributed by atoms with E-state index in [1.165, 1.54) is 6.26 Å². The molecule has 0 aromatic rings. The summed E-state index contributed by atoms with van der Waals surface area (Å²) >= 11 is 0. The van der Waals surface area contributed by atoms with Gasteiger partial charge in [-0.25, -0.2) is 8.42 Å². The van der Waals surface area contributed by atoms with Crippen molar-refractivity contribution in [1.29, 1.82) is 0 Å². The molecule has 1 aliphatic carbocycles. The zero-order valence-corrected chi connectivity index (χ0v) is 15.7. The molecule has 0 radical (unpaired) electrons. The number of amides is 1. The summed E-state index contributed by atoms with van der Waals surface area (Å²) in [5.74, 6) is -0.318. The van der Waals surface area contributed by atoms with E-state index in [-0.39, 0.29) is 23.7 Å². The first-order valence-corrected chi connectivity index (χ1v) is 9.92. The molecule has 1 saturated heterocycles. The number of nitrogens with one attached hydrogen (secondary N) is 2. The summed E-state index contributed by atoms with van der Waals surface area (Å²) in [4.78, 5) is 12.7. The summed E-state index contributed by atoms with van der Waals surface area (Å²) in [6, 6.07) is 0. The zero-order valence-electron chi connectivity index (χ0n) is 14.0. The predicted molar refractivity (Wildman–Crippen MR) is 92.7 cm³/mol.